The van der Waals surface area contributed by atoms with Crippen LogP contribution < -0.4 is 15.0 Å². The Morgan fingerprint density at radius 1 is 1.19 bits per heavy atom. The van der Waals surface area contributed by atoms with Gasteiger partial charge >= 0.3 is 0 Å². The highest BCUT2D eigenvalue weighted by molar-refractivity contribution is 7.22. The molecule has 1 aliphatic heterocycles. The molecule has 13 heteroatoms. The molecule has 12 nitrogen and oxygen atoms in total. The molecule has 0 unspecified atom stereocenters. The maximum Gasteiger partial charge on any atom is 0.293 e. The topological polar surface area (TPSA) is 150 Å². The van der Waals surface area contributed by atoms with Crippen LogP contribution in [0.1, 0.15) is 10.4 Å². The molecule has 0 radical (unpaired) electrons. The van der Waals surface area contributed by atoms with Gasteiger partial charge in [0.15, 0.2) is 10.9 Å². The Kier molecular flexibility index (Phi) is 5.83. The number of morpholine rings is 1. The number of non-ortho nitro benzene ring substituents is 1. The number of hydrogen-bond acceptors (Lipinski definition) is 10. The number of hydrogen-bond donors (Lipinski definition) is 1. The van der Waals surface area contributed by atoms with Crippen molar-refractivity contribution in [1.29, 1.82) is 0 Å². The Morgan fingerprint density at radius 2 is 1.94 bits per heavy atom. The lowest BCUT2D eigenvalue weighted by Crippen LogP contribution is -2.36. The molecule has 0 aliphatic carbocycles. The Labute approximate surface area is 184 Å². The van der Waals surface area contributed by atoms with Crippen molar-refractivity contribution in [2.24, 2.45) is 0 Å². The molecule has 1 aromatic heterocycles. The van der Waals surface area contributed by atoms with Gasteiger partial charge < -0.3 is 14.4 Å². The second-order valence-corrected chi connectivity index (χ2v) is 7.82. The fourth-order valence-corrected chi connectivity index (χ4v) is 4.26. The highest BCUT2D eigenvalue weighted by atomic mass is 32.1. The molecule has 0 saturated carbocycles. The van der Waals surface area contributed by atoms with E-state index in [1.165, 1.54) is 31.4 Å². The van der Waals surface area contributed by atoms with Crippen LogP contribution in [-0.4, -0.2) is 54.2 Å². The maximum absolute atomic E-state index is 12.7. The fourth-order valence-electron chi connectivity index (χ4n) is 3.35. The largest absolute Gasteiger partial charge is 0.494 e. The van der Waals surface area contributed by atoms with E-state index in [-0.39, 0.29) is 27.8 Å². The van der Waals surface area contributed by atoms with E-state index in [1.54, 1.807) is 6.07 Å². The van der Waals surface area contributed by atoms with E-state index >= 15 is 0 Å². The molecule has 0 spiro atoms. The fraction of sp³-hybridized carbons (Fsp3) is 0.263. The first-order valence-corrected chi connectivity index (χ1v) is 10.2. The number of thiazole rings is 1. The zero-order chi connectivity index (χ0) is 22.8. The summed E-state index contributed by atoms with van der Waals surface area (Å²) in [6, 6.07) is 6.86. The van der Waals surface area contributed by atoms with Crippen molar-refractivity contribution in [3.8, 4) is 5.75 Å². The van der Waals surface area contributed by atoms with Crippen LogP contribution in [0.4, 0.5) is 22.2 Å². The van der Waals surface area contributed by atoms with Crippen molar-refractivity contribution in [3.05, 3.63) is 56.1 Å². The van der Waals surface area contributed by atoms with Crippen LogP contribution in [0, 0.1) is 20.2 Å². The lowest BCUT2D eigenvalue weighted by atomic mass is 10.1. The van der Waals surface area contributed by atoms with Crippen LogP contribution in [0.25, 0.3) is 10.2 Å². The Morgan fingerprint density at radius 3 is 2.59 bits per heavy atom. The summed E-state index contributed by atoms with van der Waals surface area (Å²) in [5.41, 5.74) is 0.538. The van der Waals surface area contributed by atoms with Crippen LogP contribution in [0.2, 0.25) is 0 Å². The summed E-state index contributed by atoms with van der Waals surface area (Å²) in [7, 11) is 1.37. The van der Waals surface area contributed by atoms with Crippen LogP contribution >= 0.6 is 11.3 Å². The van der Waals surface area contributed by atoms with Gasteiger partial charge in [0.2, 0.25) is 0 Å². The minimum atomic E-state index is -0.589. The van der Waals surface area contributed by atoms with E-state index < -0.39 is 15.8 Å². The number of nitrogens with one attached hydrogen (secondary N) is 1. The maximum atomic E-state index is 12.7. The number of amides is 1. The molecule has 1 fully saturated rings. The van der Waals surface area contributed by atoms with Crippen molar-refractivity contribution in [2.75, 3.05) is 43.6 Å². The lowest BCUT2D eigenvalue weighted by Gasteiger charge is -2.28. The quantitative estimate of drug-likeness (QED) is 0.433. The molecule has 1 amide bonds. The summed E-state index contributed by atoms with van der Waals surface area (Å²) in [6.07, 6.45) is 0. The third-order valence-corrected chi connectivity index (χ3v) is 5.80. The molecular weight excluding hydrogens is 442 g/mol. The number of fused-ring (bicyclic) bond motifs is 1. The number of nitrogens with zero attached hydrogens (tertiary/aromatic N) is 4. The number of nitro groups is 2. The minimum Gasteiger partial charge on any atom is -0.494 e. The van der Waals surface area contributed by atoms with Crippen molar-refractivity contribution in [2.45, 2.75) is 0 Å². The predicted molar refractivity (Wildman–Crippen MR) is 117 cm³/mol. The van der Waals surface area contributed by atoms with Gasteiger partial charge in [-0.1, -0.05) is 11.3 Å². The molecule has 1 N–H and O–H groups in total. The number of carbonyl (C=O) groups is 1. The molecule has 4 rings (SSSR count). The van der Waals surface area contributed by atoms with Crippen molar-refractivity contribution in [3.63, 3.8) is 0 Å². The number of anilines is 2. The molecule has 3 aromatic rings. The average Bonchev–Trinajstić information content (AvgIpc) is 3.20. The minimum absolute atomic E-state index is 0.0888. The number of nitro benzene ring substituents is 2. The van der Waals surface area contributed by atoms with E-state index in [4.69, 9.17) is 9.47 Å². The third kappa shape index (κ3) is 4.15. The van der Waals surface area contributed by atoms with Gasteiger partial charge in [0.1, 0.15) is 11.2 Å². The van der Waals surface area contributed by atoms with Crippen molar-refractivity contribution >= 4 is 49.7 Å². The van der Waals surface area contributed by atoms with Crippen molar-refractivity contribution in [1.82, 2.24) is 4.98 Å². The van der Waals surface area contributed by atoms with Crippen molar-refractivity contribution < 1.29 is 24.1 Å². The lowest BCUT2D eigenvalue weighted by molar-refractivity contribution is -0.384. The number of ether oxygens (including phenoxy) is 2. The summed E-state index contributed by atoms with van der Waals surface area (Å²) in [5.74, 6) is -0.384. The van der Waals surface area contributed by atoms with Gasteiger partial charge in [-0.3, -0.25) is 30.3 Å². The van der Waals surface area contributed by atoms with E-state index in [9.17, 15) is 25.0 Å². The van der Waals surface area contributed by atoms with Gasteiger partial charge in [-0.15, -0.1) is 0 Å². The Bertz CT molecular complexity index is 1220. The van der Waals surface area contributed by atoms with E-state index in [2.05, 4.69) is 10.3 Å². The van der Waals surface area contributed by atoms with Gasteiger partial charge in [0.25, 0.3) is 17.3 Å². The second-order valence-electron chi connectivity index (χ2n) is 6.79. The summed E-state index contributed by atoms with van der Waals surface area (Å²) in [6.45, 7) is 1.98. The van der Waals surface area contributed by atoms with Crippen LogP contribution in [0.3, 0.4) is 0 Å². The molecule has 1 saturated heterocycles. The number of aromatic nitrogens is 1. The molecule has 2 heterocycles. The average molecular weight is 459 g/mol. The number of methoxy groups -OCH3 is 1. The number of rotatable bonds is 6. The zero-order valence-electron chi connectivity index (χ0n) is 16.8. The standard InChI is InChI=1S/C19H17N5O7S/c1-30-15-9-12(23(26)27)10-16-17(15)20-19(32-16)21-18(25)11-2-3-13(14(8-11)24(28)29)22-4-6-31-7-5-22/h2-3,8-10H,4-7H2,1H3,(H,20,21,25). The Hall–Kier alpha value is -3.84. The van der Waals surface area contributed by atoms with Gasteiger partial charge in [0.05, 0.1) is 40.9 Å². The highest BCUT2D eigenvalue weighted by Crippen LogP contribution is 2.36. The number of carbonyl (C=O) groups excluding carboxylic acids is 1. The summed E-state index contributed by atoms with van der Waals surface area (Å²) < 4.78 is 10.9. The van der Waals surface area contributed by atoms with Crippen LogP contribution in [0.15, 0.2) is 30.3 Å². The van der Waals surface area contributed by atoms with E-state index in [0.29, 0.717) is 42.2 Å². The molecule has 0 atom stereocenters. The smallest absolute Gasteiger partial charge is 0.293 e. The van der Waals surface area contributed by atoms with Crippen LogP contribution in [-0.2, 0) is 4.74 Å². The first kappa shape index (κ1) is 21.4. The molecule has 0 bridgehead atoms. The summed E-state index contributed by atoms with van der Waals surface area (Å²) >= 11 is 1.03. The van der Waals surface area contributed by atoms with Gasteiger partial charge in [-0.25, -0.2) is 4.98 Å². The Balaban J connectivity index is 1.62. The molecule has 2 aromatic carbocycles. The van der Waals surface area contributed by atoms with E-state index in [0.717, 1.165) is 11.3 Å². The number of benzene rings is 2. The van der Waals surface area contributed by atoms with Crippen LogP contribution in [0.5, 0.6) is 5.75 Å². The van der Waals surface area contributed by atoms with Gasteiger partial charge in [-0.2, -0.15) is 0 Å². The first-order valence-electron chi connectivity index (χ1n) is 9.43. The van der Waals surface area contributed by atoms with Gasteiger partial charge in [-0.05, 0) is 12.1 Å². The predicted octanol–water partition coefficient (Wildman–Crippen LogP) is 3.21. The highest BCUT2D eigenvalue weighted by Gasteiger charge is 2.24. The molecule has 1 aliphatic rings. The SMILES string of the molecule is COc1cc([N+](=O)[O-])cc2sc(NC(=O)c3ccc(N4CCOCC4)c([N+](=O)[O-])c3)nc12. The zero-order valence-corrected chi connectivity index (χ0v) is 17.6. The van der Waals surface area contributed by atoms with E-state index in [1.807, 2.05) is 4.90 Å². The normalized spacial score (nSPS) is 13.7. The third-order valence-electron chi connectivity index (χ3n) is 4.88. The molecule has 166 valence electrons. The van der Waals surface area contributed by atoms with Gasteiger partial charge in [0, 0.05) is 30.8 Å². The monoisotopic (exact) mass is 459 g/mol. The molecule has 32 heavy (non-hydrogen) atoms. The molecular formula is C19H17N5O7S. The first-order chi connectivity index (χ1) is 15.4. The summed E-state index contributed by atoms with van der Waals surface area (Å²) in [4.78, 5) is 40.5. The second kappa shape index (κ2) is 8.72. The summed E-state index contributed by atoms with van der Waals surface area (Å²) in [5, 5.41) is 25.5.